The standard InChI is InChI=1S/C21H19Cl2N5O2S/c1-12-17(31-20(26-12)18-24-8-4-9-25-18)21(30)28-10-3-2-5-16(28)19(29)27-15-7-6-13(22)11-14(15)23/h4,6-9,11,16H,2-3,5,10H2,1H3,(H,27,29). The Balaban J connectivity index is 1.56. The van der Waals surface area contributed by atoms with Crippen molar-refractivity contribution in [1.82, 2.24) is 19.9 Å². The number of aromatic nitrogens is 3. The van der Waals surface area contributed by atoms with Crippen LogP contribution in [0.5, 0.6) is 0 Å². The fraction of sp³-hybridized carbons (Fsp3) is 0.286. The zero-order valence-electron chi connectivity index (χ0n) is 16.6. The van der Waals surface area contributed by atoms with E-state index in [9.17, 15) is 9.59 Å². The molecule has 10 heteroatoms. The summed E-state index contributed by atoms with van der Waals surface area (Å²) in [6, 6.07) is 6.00. The number of carbonyl (C=O) groups excluding carboxylic acids is 2. The predicted molar refractivity (Wildman–Crippen MR) is 122 cm³/mol. The Bertz CT molecular complexity index is 1120. The second-order valence-corrected chi connectivity index (χ2v) is 8.97. The molecule has 2 amide bonds. The SMILES string of the molecule is Cc1nc(-c2ncccn2)sc1C(=O)N1CCCCC1C(=O)Nc1ccc(Cl)cc1Cl. The molecule has 1 aliphatic heterocycles. The summed E-state index contributed by atoms with van der Waals surface area (Å²) >= 11 is 13.4. The first-order valence-electron chi connectivity index (χ1n) is 9.75. The maximum absolute atomic E-state index is 13.4. The molecule has 1 saturated heterocycles. The smallest absolute Gasteiger partial charge is 0.266 e. The van der Waals surface area contributed by atoms with Crippen molar-refractivity contribution < 1.29 is 9.59 Å². The van der Waals surface area contributed by atoms with Crippen molar-refractivity contribution in [3.63, 3.8) is 0 Å². The van der Waals surface area contributed by atoms with Gasteiger partial charge in [-0.1, -0.05) is 23.2 Å². The third-order valence-corrected chi connectivity index (χ3v) is 6.69. The van der Waals surface area contributed by atoms with Gasteiger partial charge in [0.05, 0.1) is 16.4 Å². The van der Waals surface area contributed by atoms with E-state index in [2.05, 4.69) is 20.3 Å². The number of benzene rings is 1. The van der Waals surface area contributed by atoms with Crippen molar-refractivity contribution in [1.29, 1.82) is 0 Å². The van der Waals surface area contributed by atoms with Gasteiger partial charge in [0.1, 0.15) is 10.9 Å². The number of anilines is 1. The summed E-state index contributed by atoms with van der Waals surface area (Å²) in [4.78, 5) is 41.4. The van der Waals surface area contributed by atoms with E-state index in [1.807, 2.05) is 0 Å². The van der Waals surface area contributed by atoms with Crippen LogP contribution in [0.15, 0.2) is 36.7 Å². The summed E-state index contributed by atoms with van der Waals surface area (Å²) in [6.07, 6.45) is 5.54. The van der Waals surface area contributed by atoms with E-state index in [4.69, 9.17) is 23.2 Å². The Labute approximate surface area is 193 Å². The highest BCUT2D eigenvalue weighted by Gasteiger charge is 2.34. The van der Waals surface area contributed by atoms with Gasteiger partial charge in [-0.3, -0.25) is 9.59 Å². The van der Waals surface area contributed by atoms with E-state index >= 15 is 0 Å². The Kier molecular flexibility index (Phi) is 6.50. The van der Waals surface area contributed by atoms with Crippen LogP contribution >= 0.6 is 34.5 Å². The molecule has 3 aromatic rings. The topological polar surface area (TPSA) is 88.1 Å². The molecule has 160 valence electrons. The lowest BCUT2D eigenvalue weighted by atomic mass is 10.0. The number of halogens is 2. The molecule has 1 aromatic carbocycles. The molecule has 2 aromatic heterocycles. The molecule has 0 radical (unpaired) electrons. The molecule has 0 aliphatic carbocycles. The molecule has 0 bridgehead atoms. The number of thiazole rings is 1. The third kappa shape index (κ3) is 4.71. The molecule has 1 aliphatic rings. The molecule has 0 saturated carbocycles. The third-order valence-electron chi connectivity index (χ3n) is 5.00. The summed E-state index contributed by atoms with van der Waals surface area (Å²) in [5, 5.41) is 4.24. The van der Waals surface area contributed by atoms with Gasteiger partial charge in [0, 0.05) is 24.0 Å². The number of piperidine rings is 1. The highest BCUT2D eigenvalue weighted by Crippen LogP contribution is 2.30. The van der Waals surface area contributed by atoms with Crippen molar-refractivity contribution in [2.75, 3.05) is 11.9 Å². The van der Waals surface area contributed by atoms with Gasteiger partial charge in [0.15, 0.2) is 10.8 Å². The molecule has 4 rings (SSSR count). The van der Waals surface area contributed by atoms with E-state index in [0.29, 0.717) is 50.1 Å². The molecule has 3 heterocycles. The summed E-state index contributed by atoms with van der Waals surface area (Å²) in [5.41, 5.74) is 1.06. The van der Waals surface area contributed by atoms with Crippen LogP contribution in [-0.2, 0) is 4.79 Å². The van der Waals surface area contributed by atoms with Gasteiger partial charge < -0.3 is 10.2 Å². The molecule has 1 atom stereocenters. The first-order chi connectivity index (χ1) is 14.9. The van der Waals surface area contributed by atoms with E-state index in [0.717, 1.165) is 12.8 Å². The lowest BCUT2D eigenvalue weighted by Crippen LogP contribution is -2.50. The maximum Gasteiger partial charge on any atom is 0.266 e. The van der Waals surface area contributed by atoms with Crippen LogP contribution in [0.1, 0.15) is 34.6 Å². The van der Waals surface area contributed by atoms with Gasteiger partial charge in [-0.05, 0) is 50.5 Å². The molecule has 1 N–H and O–H groups in total. The zero-order valence-corrected chi connectivity index (χ0v) is 19.0. The number of aryl methyl sites for hydroxylation is 1. The van der Waals surface area contributed by atoms with E-state index < -0.39 is 6.04 Å². The van der Waals surface area contributed by atoms with E-state index in [-0.39, 0.29) is 11.8 Å². The lowest BCUT2D eigenvalue weighted by Gasteiger charge is -2.34. The van der Waals surface area contributed by atoms with Gasteiger partial charge in [0.2, 0.25) is 5.91 Å². The van der Waals surface area contributed by atoms with Crippen molar-refractivity contribution in [2.45, 2.75) is 32.2 Å². The fourth-order valence-corrected chi connectivity index (χ4v) is 4.91. The van der Waals surface area contributed by atoms with Crippen molar-refractivity contribution in [3.8, 4) is 10.8 Å². The molecular formula is C21H19Cl2N5O2S. The molecular weight excluding hydrogens is 457 g/mol. The average molecular weight is 476 g/mol. The Morgan fingerprint density at radius 2 is 1.97 bits per heavy atom. The van der Waals surface area contributed by atoms with Gasteiger partial charge in [-0.15, -0.1) is 11.3 Å². The van der Waals surface area contributed by atoms with Crippen LogP contribution in [0.4, 0.5) is 5.69 Å². The van der Waals surface area contributed by atoms with Crippen LogP contribution in [0.25, 0.3) is 10.8 Å². The second-order valence-electron chi connectivity index (χ2n) is 7.13. The molecule has 1 unspecified atom stereocenters. The molecule has 1 fully saturated rings. The highest BCUT2D eigenvalue weighted by molar-refractivity contribution is 7.17. The predicted octanol–water partition coefficient (Wildman–Crippen LogP) is 4.85. The normalized spacial score (nSPS) is 16.2. The Hall–Kier alpha value is -2.55. The zero-order chi connectivity index (χ0) is 22.0. The van der Waals surface area contributed by atoms with E-state index in [1.54, 1.807) is 48.5 Å². The molecule has 31 heavy (non-hydrogen) atoms. The first kappa shape index (κ1) is 21.7. The monoisotopic (exact) mass is 475 g/mol. The minimum absolute atomic E-state index is 0.209. The molecule has 7 nitrogen and oxygen atoms in total. The van der Waals surface area contributed by atoms with Gasteiger partial charge in [0.25, 0.3) is 5.91 Å². The highest BCUT2D eigenvalue weighted by atomic mass is 35.5. The number of rotatable bonds is 4. The van der Waals surface area contributed by atoms with Crippen molar-refractivity contribution in [2.24, 2.45) is 0 Å². The van der Waals surface area contributed by atoms with Gasteiger partial charge in [-0.25, -0.2) is 15.0 Å². The second kappa shape index (κ2) is 9.30. The maximum atomic E-state index is 13.4. The summed E-state index contributed by atoms with van der Waals surface area (Å²) in [7, 11) is 0. The largest absolute Gasteiger partial charge is 0.326 e. The van der Waals surface area contributed by atoms with Crippen molar-refractivity contribution >= 4 is 52.0 Å². The van der Waals surface area contributed by atoms with Crippen molar-refractivity contribution in [3.05, 3.63) is 57.3 Å². The summed E-state index contributed by atoms with van der Waals surface area (Å²) in [6.45, 7) is 2.28. The van der Waals surface area contributed by atoms with Gasteiger partial charge in [-0.2, -0.15) is 0 Å². The summed E-state index contributed by atoms with van der Waals surface area (Å²) < 4.78 is 0. The van der Waals surface area contributed by atoms with Crippen LogP contribution in [-0.4, -0.2) is 44.3 Å². The van der Waals surface area contributed by atoms with Crippen LogP contribution in [0, 0.1) is 6.92 Å². The number of hydrogen-bond donors (Lipinski definition) is 1. The number of amides is 2. The minimum atomic E-state index is -0.592. The van der Waals surface area contributed by atoms with Gasteiger partial charge >= 0.3 is 0 Å². The van der Waals surface area contributed by atoms with Crippen LogP contribution in [0.3, 0.4) is 0 Å². The number of hydrogen-bond acceptors (Lipinski definition) is 6. The summed E-state index contributed by atoms with van der Waals surface area (Å²) in [5.74, 6) is -0.00902. The Morgan fingerprint density at radius 3 is 2.71 bits per heavy atom. The van der Waals surface area contributed by atoms with E-state index in [1.165, 1.54) is 11.3 Å². The fourth-order valence-electron chi connectivity index (χ4n) is 3.48. The average Bonchev–Trinajstić information content (AvgIpc) is 3.17. The van der Waals surface area contributed by atoms with Crippen LogP contribution < -0.4 is 5.32 Å². The number of nitrogens with one attached hydrogen (secondary N) is 1. The number of likely N-dealkylation sites (tertiary alicyclic amines) is 1. The lowest BCUT2D eigenvalue weighted by molar-refractivity contribution is -0.121. The quantitative estimate of drug-likeness (QED) is 0.582. The Morgan fingerprint density at radius 1 is 1.19 bits per heavy atom. The minimum Gasteiger partial charge on any atom is -0.326 e. The van der Waals surface area contributed by atoms with Crippen LogP contribution in [0.2, 0.25) is 10.0 Å². The molecule has 0 spiro atoms. The first-order valence-corrected chi connectivity index (χ1v) is 11.3. The number of nitrogens with zero attached hydrogens (tertiary/aromatic N) is 4. The number of carbonyl (C=O) groups is 2.